The molecule has 0 fully saturated rings. The van der Waals surface area contributed by atoms with Crippen molar-refractivity contribution in [3.63, 3.8) is 0 Å². The van der Waals surface area contributed by atoms with E-state index in [9.17, 15) is 4.79 Å². The standard InChI is InChI=1S/C26H33N5O2.HI/c1-27-26(28-16-20-11-13-21(14-12-20)25(32)30(2)3)29-17-22-8-5-6-9-23(22)18-31(4)19-24-10-7-15-33-24;/h5-15H,16-19H2,1-4H3,(H2,27,28,29);1H. The number of furan rings is 1. The van der Waals surface area contributed by atoms with Gasteiger partial charge in [0, 0.05) is 46.3 Å². The van der Waals surface area contributed by atoms with Gasteiger partial charge in [0.25, 0.3) is 5.91 Å². The minimum absolute atomic E-state index is 0. The van der Waals surface area contributed by atoms with Crippen LogP contribution >= 0.6 is 24.0 Å². The molecule has 0 aliphatic heterocycles. The van der Waals surface area contributed by atoms with Crippen molar-refractivity contribution in [1.82, 2.24) is 20.4 Å². The monoisotopic (exact) mass is 575 g/mol. The number of nitrogens with zero attached hydrogens (tertiary/aromatic N) is 3. The van der Waals surface area contributed by atoms with Crippen molar-refractivity contribution in [2.75, 3.05) is 28.2 Å². The van der Waals surface area contributed by atoms with Crippen molar-refractivity contribution in [3.8, 4) is 0 Å². The van der Waals surface area contributed by atoms with Crippen LogP contribution in [0.5, 0.6) is 0 Å². The highest BCUT2D eigenvalue weighted by Crippen LogP contribution is 2.13. The van der Waals surface area contributed by atoms with Gasteiger partial charge in [0.05, 0.1) is 12.8 Å². The normalized spacial score (nSPS) is 11.1. The lowest BCUT2D eigenvalue weighted by atomic mass is 10.1. The zero-order chi connectivity index (χ0) is 23.6. The number of hydrogen-bond donors (Lipinski definition) is 2. The van der Waals surface area contributed by atoms with E-state index in [1.54, 1.807) is 32.3 Å². The van der Waals surface area contributed by atoms with Crippen LogP contribution < -0.4 is 10.6 Å². The summed E-state index contributed by atoms with van der Waals surface area (Å²) in [5.74, 6) is 1.68. The van der Waals surface area contributed by atoms with Crippen molar-refractivity contribution in [3.05, 3.63) is 94.9 Å². The van der Waals surface area contributed by atoms with Gasteiger partial charge in [-0.15, -0.1) is 24.0 Å². The second kappa shape index (κ2) is 13.8. The second-order valence-electron chi connectivity index (χ2n) is 8.20. The summed E-state index contributed by atoms with van der Waals surface area (Å²) < 4.78 is 5.46. The van der Waals surface area contributed by atoms with Gasteiger partial charge in [0.15, 0.2) is 5.96 Å². The van der Waals surface area contributed by atoms with Gasteiger partial charge >= 0.3 is 0 Å². The summed E-state index contributed by atoms with van der Waals surface area (Å²) >= 11 is 0. The molecule has 0 bridgehead atoms. The van der Waals surface area contributed by atoms with Crippen LogP contribution in [0.25, 0.3) is 0 Å². The lowest BCUT2D eigenvalue weighted by molar-refractivity contribution is 0.0827. The summed E-state index contributed by atoms with van der Waals surface area (Å²) in [6, 6.07) is 19.9. The number of halogens is 1. The largest absolute Gasteiger partial charge is 0.468 e. The molecule has 0 aliphatic rings. The predicted molar refractivity (Wildman–Crippen MR) is 147 cm³/mol. The fourth-order valence-electron chi connectivity index (χ4n) is 3.51. The molecule has 1 aromatic heterocycles. The lowest BCUT2D eigenvalue weighted by Crippen LogP contribution is -2.36. The van der Waals surface area contributed by atoms with Gasteiger partial charge in [-0.3, -0.25) is 14.7 Å². The third-order valence-corrected chi connectivity index (χ3v) is 5.30. The number of nitrogens with one attached hydrogen (secondary N) is 2. The van der Waals surface area contributed by atoms with Gasteiger partial charge < -0.3 is 20.0 Å². The Hall–Kier alpha value is -2.85. The Labute approximate surface area is 219 Å². The average molecular weight is 575 g/mol. The van der Waals surface area contributed by atoms with E-state index in [1.165, 1.54) is 11.1 Å². The second-order valence-corrected chi connectivity index (χ2v) is 8.20. The Morgan fingerprint density at radius 3 is 2.18 bits per heavy atom. The van der Waals surface area contributed by atoms with Crippen molar-refractivity contribution < 1.29 is 9.21 Å². The molecule has 1 amide bonds. The molecule has 2 aromatic carbocycles. The Morgan fingerprint density at radius 2 is 1.56 bits per heavy atom. The maximum absolute atomic E-state index is 12.0. The first kappa shape index (κ1) is 27.4. The maximum Gasteiger partial charge on any atom is 0.253 e. The molecule has 3 aromatic rings. The van der Waals surface area contributed by atoms with Gasteiger partial charge in [-0.2, -0.15) is 0 Å². The predicted octanol–water partition coefficient (Wildman–Crippen LogP) is 4.10. The van der Waals surface area contributed by atoms with E-state index in [4.69, 9.17) is 4.42 Å². The first-order valence-corrected chi connectivity index (χ1v) is 11.0. The van der Waals surface area contributed by atoms with Gasteiger partial charge in [-0.1, -0.05) is 36.4 Å². The fourth-order valence-corrected chi connectivity index (χ4v) is 3.51. The van der Waals surface area contributed by atoms with Crippen molar-refractivity contribution >= 4 is 35.8 Å². The molecule has 3 rings (SSSR count). The zero-order valence-electron chi connectivity index (χ0n) is 20.2. The minimum atomic E-state index is 0. The number of guanidine groups is 1. The molecule has 0 spiro atoms. The lowest BCUT2D eigenvalue weighted by Gasteiger charge is -2.19. The van der Waals surface area contributed by atoms with E-state index in [0.29, 0.717) is 18.7 Å². The minimum Gasteiger partial charge on any atom is -0.468 e. The molecule has 8 heteroatoms. The average Bonchev–Trinajstić information content (AvgIpc) is 3.32. The Bertz CT molecular complexity index is 1050. The molecule has 2 N–H and O–H groups in total. The smallest absolute Gasteiger partial charge is 0.253 e. The van der Waals surface area contributed by atoms with Gasteiger partial charge in [0.2, 0.25) is 0 Å². The fraction of sp³-hybridized carbons (Fsp3) is 0.308. The van der Waals surface area contributed by atoms with E-state index >= 15 is 0 Å². The Balaban J connectivity index is 0.00000408. The van der Waals surface area contributed by atoms with Crippen molar-refractivity contribution in [2.45, 2.75) is 26.2 Å². The number of amides is 1. The van der Waals surface area contributed by atoms with Gasteiger partial charge in [-0.05, 0) is 48.0 Å². The van der Waals surface area contributed by atoms with E-state index in [0.717, 1.165) is 30.4 Å². The summed E-state index contributed by atoms with van der Waals surface area (Å²) in [7, 11) is 7.35. The number of rotatable bonds is 9. The number of carbonyl (C=O) groups is 1. The molecule has 182 valence electrons. The number of benzene rings is 2. The topological polar surface area (TPSA) is 73.1 Å². The molecular weight excluding hydrogens is 541 g/mol. The molecule has 1 heterocycles. The van der Waals surface area contributed by atoms with Crippen LogP contribution in [0.2, 0.25) is 0 Å². The molecule has 0 saturated carbocycles. The van der Waals surface area contributed by atoms with Crippen LogP contribution in [0.4, 0.5) is 0 Å². The third-order valence-electron chi connectivity index (χ3n) is 5.30. The Kier molecular flexibility index (Phi) is 11.1. The number of hydrogen-bond acceptors (Lipinski definition) is 4. The van der Waals surface area contributed by atoms with Crippen LogP contribution in [0.1, 0.15) is 32.8 Å². The molecule has 0 unspecified atom stereocenters. The molecule has 0 saturated heterocycles. The number of aliphatic imine (C=N–C) groups is 1. The highest BCUT2D eigenvalue weighted by atomic mass is 127. The summed E-state index contributed by atoms with van der Waals surface area (Å²) in [5, 5.41) is 6.74. The van der Waals surface area contributed by atoms with E-state index in [1.807, 2.05) is 36.4 Å². The quantitative estimate of drug-likeness (QED) is 0.229. The Morgan fingerprint density at radius 1 is 0.882 bits per heavy atom. The summed E-state index contributed by atoms with van der Waals surface area (Å²) in [4.78, 5) is 20.2. The van der Waals surface area contributed by atoms with Gasteiger partial charge in [0.1, 0.15) is 5.76 Å². The molecule has 34 heavy (non-hydrogen) atoms. The summed E-state index contributed by atoms with van der Waals surface area (Å²) in [5.41, 5.74) is 4.24. The molecule has 0 aliphatic carbocycles. The SMILES string of the molecule is CN=C(NCc1ccc(C(=O)N(C)C)cc1)NCc1ccccc1CN(C)Cc1ccco1.I. The van der Waals surface area contributed by atoms with Crippen LogP contribution in [0.15, 0.2) is 76.3 Å². The van der Waals surface area contributed by atoms with Crippen LogP contribution in [-0.2, 0) is 26.2 Å². The van der Waals surface area contributed by atoms with E-state index in [-0.39, 0.29) is 29.9 Å². The molecule has 0 radical (unpaired) electrons. The van der Waals surface area contributed by atoms with Crippen LogP contribution in [-0.4, -0.2) is 49.9 Å². The highest BCUT2D eigenvalue weighted by Gasteiger charge is 2.09. The van der Waals surface area contributed by atoms with Crippen LogP contribution in [0.3, 0.4) is 0 Å². The third kappa shape index (κ3) is 8.18. The zero-order valence-corrected chi connectivity index (χ0v) is 22.6. The first-order chi connectivity index (χ1) is 16.0. The number of carbonyl (C=O) groups excluding carboxylic acids is 1. The molecular formula is C26H34IN5O2. The summed E-state index contributed by atoms with van der Waals surface area (Å²) in [6.45, 7) is 2.86. The van der Waals surface area contributed by atoms with Crippen LogP contribution in [0, 0.1) is 0 Å². The van der Waals surface area contributed by atoms with E-state index < -0.39 is 0 Å². The van der Waals surface area contributed by atoms with E-state index in [2.05, 4.69) is 51.8 Å². The first-order valence-electron chi connectivity index (χ1n) is 11.0. The van der Waals surface area contributed by atoms with Crippen molar-refractivity contribution in [1.29, 1.82) is 0 Å². The molecule has 7 nitrogen and oxygen atoms in total. The molecule has 0 atom stereocenters. The van der Waals surface area contributed by atoms with Gasteiger partial charge in [-0.25, -0.2) is 0 Å². The van der Waals surface area contributed by atoms with Crippen molar-refractivity contribution in [2.24, 2.45) is 4.99 Å². The summed E-state index contributed by atoms with van der Waals surface area (Å²) in [6.07, 6.45) is 1.71. The highest BCUT2D eigenvalue weighted by molar-refractivity contribution is 14.0. The maximum atomic E-state index is 12.0.